The average molecular weight is 194 g/mol. The zero-order chi connectivity index (χ0) is 10.8. The van der Waals surface area contributed by atoms with Crippen molar-refractivity contribution in [2.24, 2.45) is 0 Å². The second kappa shape index (κ2) is 8.76. The Hall–Kier alpha value is -0.820. The van der Waals surface area contributed by atoms with Gasteiger partial charge in [-0.2, -0.15) is 0 Å². The third kappa shape index (κ3) is 5.03. The van der Waals surface area contributed by atoms with E-state index in [1.807, 2.05) is 6.92 Å². The molecule has 0 bridgehead atoms. The highest BCUT2D eigenvalue weighted by molar-refractivity contribution is 5.26. The summed E-state index contributed by atoms with van der Waals surface area (Å²) in [5, 5.41) is 7.88. The minimum Gasteiger partial charge on any atom is -0.396 e. The zero-order valence-electron chi connectivity index (χ0n) is 9.59. The maximum atomic E-state index is 7.88. The highest BCUT2D eigenvalue weighted by Crippen LogP contribution is 2.08. The van der Waals surface area contributed by atoms with E-state index in [1.54, 1.807) is 0 Å². The fourth-order valence-electron chi connectivity index (χ4n) is 1.25. The van der Waals surface area contributed by atoms with Gasteiger partial charge in [-0.25, -0.2) is 0 Å². The molecule has 80 valence electrons. The molecule has 0 amide bonds. The molecule has 0 aliphatic rings. The number of hydrogen-bond acceptors (Lipinski definition) is 1. The molecule has 0 fully saturated rings. The highest BCUT2D eigenvalue weighted by atomic mass is 16.2. The Labute approximate surface area is 87.8 Å². The van der Waals surface area contributed by atoms with Crippen LogP contribution in [0.5, 0.6) is 0 Å². The molecular weight excluding hydrogens is 172 g/mol. The van der Waals surface area contributed by atoms with E-state index in [0.717, 1.165) is 19.3 Å². The van der Waals surface area contributed by atoms with Gasteiger partial charge in [-0.1, -0.05) is 45.0 Å². The van der Waals surface area contributed by atoms with Crippen molar-refractivity contribution >= 4 is 0 Å². The predicted octanol–water partition coefficient (Wildman–Crippen LogP) is 3.20. The van der Waals surface area contributed by atoms with Crippen LogP contribution in [-0.4, -0.2) is 11.7 Å². The van der Waals surface area contributed by atoms with E-state index >= 15 is 0 Å². The molecule has 1 rings (SSSR count). The van der Waals surface area contributed by atoms with Gasteiger partial charge in [0.05, 0.1) is 0 Å². The lowest BCUT2D eigenvalue weighted by molar-refractivity contribution is 0.295. The summed E-state index contributed by atoms with van der Waals surface area (Å²) >= 11 is 0. The van der Waals surface area contributed by atoms with Crippen molar-refractivity contribution in [3.05, 3.63) is 35.4 Å². The van der Waals surface area contributed by atoms with E-state index < -0.39 is 0 Å². The van der Waals surface area contributed by atoms with Crippen LogP contribution in [0.3, 0.4) is 0 Å². The highest BCUT2D eigenvalue weighted by Gasteiger charge is 1.93. The van der Waals surface area contributed by atoms with Gasteiger partial charge in [0.25, 0.3) is 0 Å². The van der Waals surface area contributed by atoms with E-state index in [0.29, 0.717) is 6.61 Å². The lowest BCUT2D eigenvalue weighted by Crippen LogP contribution is -1.88. The van der Waals surface area contributed by atoms with Gasteiger partial charge >= 0.3 is 0 Å². The molecule has 0 saturated carbocycles. The van der Waals surface area contributed by atoms with Gasteiger partial charge in [-0.3, -0.25) is 0 Å². The zero-order valence-corrected chi connectivity index (χ0v) is 9.59. The molecule has 0 aromatic heterocycles. The largest absolute Gasteiger partial charge is 0.396 e. The molecule has 1 aromatic carbocycles. The number of aliphatic hydroxyl groups excluding tert-OH is 1. The van der Waals surface area contributed by atoms with Crippen molar-refractivity contribution < 1.29 is 5.11 Å². The molecule has 0 saturated heterocycles. The maximum absolute atomic E-state index is 7.88. The quantitative estimate of drug-likeness (QED) is 0.783. The molecule has 1 heteroatoms. The van der Waals surface area contributed by atoms with Crippen LogP contribution in [0.25, 0.3) is 0 Å². The summed E-state index contributed by atoms with van der Waals surface area (Å²) in [5.41, 5.74) is 2.98. The van der Waals surface area contributed by atoms with Gasteiger partial charge in [0, 0.05) is 6.61 Å². The number of aryl methyl sites for hydroxylation is 2. The summed E-state index contributed by atoms with van der Waals surface area (Å²) in [6.45, 7) is 6.66. The number of aliphatic hydroxyl groups is 1. The van der Waals surface area contributed by atoms with Crippen LogP contribution in [0.4, 0.5) is 0 Å². The van der Waals surface area contributed by atoms with E-state index in [4.69, 9.17) is 5.11 Å². The van der Waals surface area contributed by atoms with Crippen LogP contribution in [0.2, 0.25) is 0 Å². The van der Waals surface area contributed by atoms with Crippen molar-refractivity contribution in [3.8, 4) is 0 Å². The van der Waals surface area contributed by atoms with Crippen LogP contribution >= 0.6 is 0 Å². The fraction of sp³-hybridized carbons (Fsp3) is 0.538. The Balaban J connectivity index is 0.000000364. The number of rotatable bonds is 3. The van der Waals surface area contributed by atoms with Gasteiger partial charge in [0.2, 0.25) is 0 Å². The van der Waals surface area contributed by atoms with Crippen molar-refractivity contribution in [1.82, 2.24) is 0 Å². The smallest absolute Gasteiger partial charge is 0.0428 e. The molecule has 1 aromatic rings. The molecule has 0 aliphatic heterocycles. The van der Waals surface area contributed by atoms with Crippen LogP contribution < -0.4 is 0 Å². The maximum Gasteiger partial charge on any atom is 0.0428 e. The van der Waals surface area contributed by atoms with E-state index in [1.165, 1.54) is 11.1 Å². The van der Waals surface area contributed by atoms with Crippen LogP contribution in [0, 0.1) is 0 Å². The molecular formula is C13H22O. The van der Waals surface area contributed by atoms with Crippen molar-refractivity contribution in [2.75, 3.05) is 6.61 Å². The molecule has 0 heterocycles. The summed E-state index contributed by atoms with van der Waals surface area (Å²) in [6.07, 6.45) is 3.19. The summed E-state index contributed by atoms with van der Waals surface area (Å²) in [7, 11) is 0. The number of hydrogen-bond donors (Lipinski definition) is 1. The molecule has 0 unspecified atom stereocenters. The molecule has 0 radical (unpaired) electrons. The SMILES string of the molecule is CCCO.CCc1ccccc1CC. The van der Waals surface area contributed by atoms with Crippen LogP contribution in [-0.2, 0) is 12.8 Å². The third-order valence-electron chi connectivity index (χ3n) is 2.10. The monoisotopic (exact) mass is 194 g/mol. The Morgan fingerprint density at radius 2 is 1.29 bits per heavy atom. The van der Waals surface area contributed by atoms with E-state index in [-0.39, 0.29) is 0 Å². The average Bonchev–Trinajstić information content (AvgIpc) is 2.29. The summed E-state index contributed by atoms with van der Waals surface area (Å²) in [6, 6.07) is 8.63. The second-order valence-corrected chi connectivity index (χ2v) is 3.20. The first kappa shape index (κ1) is 13.2. The topological polar surface area (TPSA) is 20.2 Å². The van der Waals surface area contributed by atoms with E-state index in [9.17, 15) is 0 Å². The van der Waals surface area contributed by atoms with Gasteiger partial charge in [-0.05, 0) is 30.4 Å². The van der Waals surface area contributed by atoms with Gasteiger partial charge < -0.3 is 5.11 Å². The molecule has 0 spiro atoms. The minimum atomic E-state index is 0.319. The summed E-state index contributed by atoms with van der Waals surface area (Å²) < 4.78 is 0. The van der Waals surface area contributed by atoms with Crippen molar-refractivity contribution in [1.29, 1.82) is 0 Å². The first-order valence-electron chi connectivity index (χ1n) is 5.47. The molecule has 0 aliphatic carbocycles. The molecule has 1 N–H and O–H groups in total. The first-order valence-corrected chi connectivity index (χ1v) is 5.47. The fourth-order valence-corrected chi connectivity index (χ4v) is 1.25. The van der Waals surface area contributed by atoms with Gasteiger partial charge in [-0.15, -0.1) is 0 Å². The van der Waals surface area contributed by atoms with Crippen LogP contribution in [0.15, 0.2) is 24.3 Å². The Bertz CT molecular complexity index is 205. The van der Waals surface area contributed by atoms with Gasteiger partial charge in [0.15, 0.2) is 0 Å². The van der Waals surface area contributed by atoms with E-state index in [2.05, 4.69) is 38.1 Å². The number of benzene rings is 1. The lowest BCUT2D eigenvalue weighted by atomic mass is 10.0. The molecule has 14 heavy (non-hydrogen) atoms. The Morgan fingerprint density at radius 1 is 0.929 bits per heavy atom. The third-order valence-corrected chi connectivity index (χ3v) is 2.10. The lowest BCUT2D eigenvalue weighted by Gasteiger charge is -2.02. The minimum absolute atomic E-state index is 0.319. The van der Waals surface area contributed by atoms with Crippen molar-refractivity contribution in [2.45, 2.75) is 40.0 Å². The normalized spacial score (nSPS) is 9.14. The standard InChI is InChI=1S/C10H14.C3H8O/c1-3-9-7-5-6-8-10(9)4-2;1-2-3-4/h5-8H,3-4H2,1-2H3;4H,2-3H2,1H3. The van der Waals surface area contributed by atoms with Crippen LogP contribution in [0.1, 0.15) is 38.3 Å². The van der Waals surface area contributed by atoms with Gasteiger partial charge in [0.1, 0.15) is 0 Å². The molecule has 1 nitrogen and oxygen atoms in total. The summed E-state index contributed by atoms with van der Waals surface area (Å²) in [4.78, 5) is 0. The Kier molecular flexibility index (Phi) is 8.25. The first-order chi connectivity index (χ1) is 6.79. The predicted molar refractivity (Wildman–Crippen MR) is 62.6 cm³/mol. The molecule has 0 atom stereocenters. The summed E-state index contributed by atoms with van der Waals surface area (Å²) in [5.74, 6) is 0. The Morgan fingerprint density at radius 3 is 1.50 bits per heavy atom. The van der Waals surface area contributed by atoms with Crippen molar-refractivity contribution in [3.63, 3.8) is 0 Å². The second-order valence-electron chi connectivity index (χ2n) is 3.20.